The molecule has 1 unspecified atom stereocenters. The molecule has 2 aromatic rings. The Bertz CT molecular complexity index is 951. The topological polar surface area (TPSA) is 91.8 Å². The summed E-state index contributed by atoms with van der Waals surface area (Å²) < 4.78 is 45.4. The van der Waals surface area contributed by atoms with Crippen LogP contribution in [0, 0.1) is 5.82 Å². The smallest absolute Gasteiger partial charge is 0.240 e. The van der Waals surface area contributed by atoms with Gasteiger partial charge in [-0.3, -0.25) is 0 Å². The third kappa shape index (κ3) is 7.31. The van der Waals surface area contributed by atoms with Crippen molar-refractivity contribution in [1.29, 1.82) is 0 Å². The molecule has 1 atom stereocenters. The number of benzene rings is 2. The van der Waals surface area contributed by atoms with Crippen LogP contribution in [0.25, 0.3) is 0 Å². The second kappa shape index (κ2) is 11.5. The van der Waals surface area contributed by atoms with Crippen LogP contribution in [-0.4, -0.2) is 40.6 Å². The Kier molecular flexibility index (Phi) is 9.07. The van der Waals surface area contributed by atoms with E-state index in [1.54, 1.807) is 24.3 Å². The molecule has 3 N–H and O–H groups in total. The summed E-state index contributed by atoms with van der Waals surface area (Å²) in [5.41, 5.74) is 0.770. The number of halogens is 1. The highest BCUT2D eigenvalue weighted by Crippen LogP contribution is 2.15. The van der Waals surface area contributed by atoms with Gasteiger partial charge in [-0.25, -0.2) is 22.5 Å². The fourth-order valence-electron chi connectivity index (χ4n) is 2.65. The van der Waals surface area contributed by atoms with Crippen molar-refractivity contribution in [2.75, 3.05) is 20.1 Å². The van der Waals surface area contributed by atoms with Crippen molar-refractivity contribution in [3.8, 4) is 5.75 Å². The summed E-state index contributed by atoms with van der Waals surface area (Å²) in [7, 11) is -2.12. The Morgan fingerprint density at radius 2 is 1.90 bits per heavy atom. The first kappa shape index (κ1) is 23.6. The molecule has 0 amide bonds. The largest absolute Gasteiger partial charge is 0.489 e. The van der Waals surface area contributed by atoms with E-state index in [0.717, 1.165) is 12.0 Å². The molecule has 0 heterocycles. The molecular formula is C21H29FN4O3S. The summed E-state index contributed by atoms with van der Waals surface area (Å²) in [6.45, 7) is 5.40. The zero-order chi connectivity index (χ0) is 22.0. The highest BCUT2D eigenvalue weighted by atomic mass is 32.2. The van der Waals surface area contributed by atoms with Crippen molar-refractivity contribution < 1.29 is 17.5 Å². The van der Waals surface area contributed by atoms with E-state index in [0.29, 0.717) is 31.3 Å². The van der Waals surface area contributed by atoms with Gasteiger partial charge in [0.15, 0.2) is 5.96 Å². The minimum Gasteiger partial charge on any atom is -0.489 e. The lowest BCUT2D eigenvalue weighted by molar-refractivity contribution is 0.198. The van der Waals surface area contributed by atoms with Crippen LogP contribution in [-0.2, 0) is 16.6 Å². The van der Waals surface area contributed by atoms with Crippen molar-refractivity contribution in [1.82, 2.24) is 15.4 Å². The molecule has 30 heavy (non-hydrogen) atoms. The predicted molar refractivity (Wildman–Crippen MR) is 117 cm³/mol. The molecule has 9 heteroatoms. The van der Waals surface area contributed by atoms with Gasteiger partial charge in [0.2, 0.25) is 10.0 Å². The molecule has 0 aliphatic carbocycles. The molecule has 164 valence electrons. The van der Waals surface area contributed by atoms with Gasteiger partial charge < -0.3 is 15.4 Å². The molecule has 0 spiro atoms. The van der Waals surface area contributed by atoms with Gasteiger partial charge in [0, 0.05) is 12.6 Å². The Hall–Kier alpha value is -2.65. The molecule has 0 aliphatic rings. The van der Waals surface area contributed by atoms with Gasteiger partial charge in [0.1, 0.15) is 17.7 Å². The number of ether oxygens (including phenoxy) is 1. The van der Waals surface area contributed by atoms with Crippen LogP contribution in [0.3, 0.4) is 0 Å². The van der Waals surface area contributed by atoms with Gasteiger partial charge in [-0.15, -0.1) is 0 Å². The van der Waals surface area contributed by atoms with Crippen LogP contribution in [0.15, 0.2) is 58.4 Å². The van der Waals surface area contributed by atoms with Crippen LogP contribution in [0.2, 0.25) is 0 Å². The molecule has 0 saturated carbocycles. The quantitative estimate of drug-likeness (QED) is 0.393. The Balaban J connectivity index is 2.02. The number of guanidine groups is 1. The van der Waals surface area contributed by atoms with E-state index in [-0.39, 0.29) is 16.8 Å². The Morgan fingerprint density at radius 1 is 1.13 bits per heavy atom. The first-order chi connectivity index (χ1) is 14.4. The van der Waals surface area contributed by atoms with Gasteiger partial charge >= 0.3 is 0 Å². The van der Waals surface area contributed by atoms with E-state index in [1.165, 1.54) is 25.2 Å². The fourth-order valence-corrected chi connectivity index (χ4v) is 3.45. The monoisotopic (exact) mass is 436 g/mol. The third-order valence-electron chi connectivity index (χ3n) is 4.29. The normalized spacial score (nSPS) is 13.0. The van der Waals surface area contributed by atoms with Gasteiger partial charge in [0.25, 0.3) is 0 Å². The lowest BCUT2D eigenvalue weighted by Gasteiger charge is -2.20. The summed E-state index contributed by atoms with van der Waals surface area (Å²) in [6, 6.07) is 12.7. The van der Waals surface area contributed by atoms with Crippen molar-refractivity contribution in [3.05, 3.63) is 59.9 Å². The summed E-state index contributed by atoms with van der Waals surface area (Å²) in [6.07, 6.45) is 0.562. The van der Waals surface area contributed by atoms with E-state index in [1.807, 2.05) is 19.9 Å². The minimum atomic E-state index is -3.50. The fraction of sp³-hybridized carbons (Fsp3) is 0.381. The molecule has 0 fully saturated rings. The summed E-state index contributed by atoms with van der Waals surface area (Å²) in [4.78, 5) is 4.72. The maximum absolute atomic E-state index is 13.4. The van der Waals surface area contributed by atoms with Crippen LogP contribution in [0.1, 0.15) is 25.8 Å². The number of nitrogens with one attached hydrogen (secondary N) is 3. The molecular weight excluding hydrogens is 407 g/mol. The van der Waals surface area contributed by atoms with E-state index < -0.39 is 10.0 Å². The van der Waals surface area contributed by atoms with Gasteiger partial charge in [0.05, 0.1) is 18.0 Å². The molecule has 0 bridgehead atoms. The second-order valence-corrected chi connectivity index (χ2v) is 8.42. The zero-order valence-electron chi connectivity index (χ0n) is 17.5. The summed E-state index contributed by atoms with van der Waals surface area (Å²) in [5.74, 6) is 0.724. The molecule has 0 radical (unpaired) electrons. The maximum Gasteiger partial charge on any atom is 0.240 e. The summed E-state index contributed by atoms with van der Waals surface area (Å²) in [5, 5.41) is 6.38. The lowest BCUT2D eigenvalue weighted by atomic mass is 10.2. The van der Waals surface area contributed by atoms with Crippen molar-refractivity contribution in [2.24, 2.45) is 4.99 Å². The average Bonchev–Trinajstić information content (AvgIpc) is 2.75. The number of hydrogen-bond donors (Lipinski definition) is 3. The van der Waals surface area contributed by atoms with Crippen molar-refractivity contribution in [3.63, 3.8) is 0 Å². The molecule has 0 aliphatic heterocycles. The van der Waals surface area contributed by atoms with E-state index in [9.17, 15) is 12.8 Å². The number of sulfonamides is 1. The van der Waals surface area contributed by atoms with Gasteiger partial charge in [-0.1, -0.05) is 25.1 Å². The molecule has 2 rings (SSSR count). The standard InChI is InChI=1S/C21H29FN4O3S/c1-4-18(29-19-10-7-9-17(22)13-19)15-26-21(24-5-2)25-14-16-8-6-11-20(12-16)30(27,28)23-3/h6-13,18,23H,4-5,14-15H2,1-3H3,(H2,24,25,26). The second-order valence-electron chi connectivity index (χ2n) is 6.54. The lowest BCUT2D eigenvalue weighted by Crippen LogP contribution is -2.42. The number of aliphatic imine (C=N–C) groups is 1. The number of nitrogens with zero attached hydrogens (tertiary/aromatic N) is 1. The van der Waals surface area contributed by atoms with Crippen LogP contribution in [0.4, 0.5) is 4.39 Å². The molecule has 0 aromatic heterocycles. The highest BCUT2D eigenvalue weighted by Gasteiger charge is 2.12. The Labute approximate surface area is 177 Å². The zero-order valence-corrected chi connectivity index (χ0v) is 18.3. The molecule has 0 saturated heterocycles. The van der Waals surface area contributed by atoms with Crippen molar-refractivity contribution in [2.45, 2.75) is 37.8 Å². The van der Waals surface area contributed by atoms with Gasteiger partial charge in [-0.2, -0.15) is 0 Å². The van der Waals surface area contributed by atoms with Crippen LogP contribution >= 0.6 is 0 Å². The average molecular weight is 437 g/mol. The minimum absolute atomic E-state index is 0.167. The Morgan fingerprint density at radius 3 is 2.57 bits per heavy atom. The van der Waals surface area contributed by atoms with E-state index in [2.05, 4.69) is 20.3 Å². The SMILES string of the molecule is CCNC(=NCc1cccc(S(=O)(=O)NC)c1)NCC(CC)Oc1cccc(F)c1. The van der Waals surface area contributed by atoms with Crippen LogP contribution < -0.4 is 20.1 Å². The van der Waals surface area contributed by atoms with Gasteiger partial charge in [-0.05, 0) is 50.2 Å². The first-order valence-corrected chi connectivity index (χ1v) is 11.3. The van der Waals surface area contributed by atoms with Crippen molar-refractivity contribution >= 4 is 16.0 Å². The molecule has 7 nitrogen and oxygen atoms in total. The first-order valence-electron chi connectivity index (χ1n) is 9.84. The predicted octanol–water partition coefficient (Wildman–Crippen LogP) is 2.65. The third-order valence-corrected chi connectivity index (χ3v) is 5.70. The summed E-state index contributed by atoms with van der Waals surface area (Å²) >= 11 is 0. The maximum atomic E-state index is 13.4. The molecule has 2 aromatic carbocycles. The van der Waals surface area contributed by atoms with E-state index in [4.69, 9.17) is 4.74 Å². The number of hydrogen-bond acceptors (Lipinski definition) is 4. The highest BCUT2D eigenvalue weighted by molar-refractivity contribution is 7.89. The van der Waals surface area contributed by atoms with Crippen LogP contribution in [0.5, 0.6) is 5.75 Å². The van der Waals surface area contributed by atoms with E-state index >= 15 is 0 Å². The number of rotatable bonds is 10.